The number of rotatable bonds is 4. The Kier molecular flexibility index (Phi) is 6.19. The summed E-state index contributed by atoms with van der Waals surface area (Å²) >= 11 is 0. The number of nitrogens with zero attached hydrogens (tertiary/aromatic N) is 3. The van der Waals surface area contributed by atoms with Crippen molar-refractivity contribution in [3.05, 3.63) is 83.6 Å². The molecule has 0 aliphatic carbocycles. The van der Waals surface area contributed by atoms with E-state index in [4.69, 9.17) is 10.1 Å². The molecule has 9 heteroatoms. The summed E-state index contributed by atoms with van der Waals surface area (Å²) in [6.45, 7) is 1.74. The Morgan fingerprint density at radius 1 is 1.03 bits per heavy atom. The first kappa shape index (κ1) is 23.2. The van der Waals surface area contributed by atoms with E-state index in [-0.39, 0.29) is 23.0 Å². The Bertz CT molecular complexity index is 1440. The van der Waals surface area contributed by atoms with Gasteiger partial charge in [0.25, 0.3) is 0 Å². The van der Waals surface area contributed by atoms with Crippen molar-refractivity contribution in [1.82, 2.24) is 9.78 Å². The van der Waals surface area contributed by atoms with E-state index < -0.39 is 17.6 Å². The average Bonchev–Trinajstić information content (AvgIpc) is 2.83. The van der Waals surface area contributed by atoms with Crippen LogP contribution in [0, 0.1) is 11.2 Å². The number of hydrogen-bond acceptors (Lipinski definition) is 4. The van der Waals surface area contributed by atoms with Crippen molar-refractivity contribution in [1.29, 1.82) is 5.41 Å². The van der Waals surface area contributed by atoms with Gasteiger partial charge in [0.05, 0.1) is 5.56 Å². The molecule has 0 saturated heterocycles. The van der Waals surface area contributed by atoms with Gasteiger partial charge in [-0.15, -0.1) is 5.10 Å². The second kappa shape index (κ2) is 9.09. The molecule has 5 nitrogen and oxygen atoms in total. The van der Waals surface area contributed by atoms with Crippen molar-refractivity contribution >= 4 is 16.6 Å². The number of halogens is 4. The van der Waals surface area contributed by atoms with Gasteiger partial charge in [0.1, 0.15) is 17.4 Å². The summed E-state index contributed by atoms with van der Waals surface area (Å²) in [6, 6.07) is 15.9. The molecule has 3 aromatic carbocycles. The van der Waals surface area contributed by atoms with E-state index in [0.717, 1.165) is 12.1 Å². The summed E-state index contributed by atoms with van der Waals surface area (Å²) in [5.74, 6) is -0.621. The van der Waals surface area contributed by atoms with Gasteiger partial charge in [0, 0.05) is 29.8 Å². The van der Waals surface area contributed by atoms with Gasteiger partial charge in [0.15, 0.2) is 5.49 Å². The third kappa shape index (κ3) is 4.41. The zero-order chi connectivity index (χ0) is 24.5. The minimum Gasteiger partial charge on any atom is -0.436 e. The number of benzene rings is 3. The largest absolute Gasteiger partial charge is 0.436 e. The van der Waals surface area contributed by atoms with Crippen molar-refractivity contribution in [3.63, 3.8) is 0 Å². The van der Waals surface area contributed by atoms with Crippen LogP contribution in [0.25, 0.3) is 21.9 Å². The fraction of sp³-hybridized carbons (Fsp3) is 0.160. The molecular weight excluding hydrogens is 448 g/mol. The molecule has 0 aliphatic heterocycles. The first-order valence-corrected chi connectivity index (χ1v) is 10.4. The van der Waals surface area contributed by atoms with Gasteiger partial charge in [-0.25, -0.2) is 4.39 Å². The van der Waals surface area contributed by atoms with E-state index in [1.54, 1.807) is 37.3 Å². The number of ether oxygens (including phenoxy) is 1. The molecule has 0 aliphatic rings. The highest BCUT2D eigenvalue weighted by molar-refractivity contribution is 5.89. The molecule has 0 bridgehead atoms. The highest BCUT2D eigenvalue weighted by Crippen LogP contribution is 2.39. The van der Waals surface area contributed by atoms with Gasteiger partial charge >= 0.3 is 6.18 Å². The summed E-state index contributed by atoms with van der Waals surface area (Å²) in [5, 5.41) is 13.3. The van der Waals surface area contributed by atoms with Crippen molar-refractivity contribution in [2.45, 2.75) is 19.5 Å². The second-order valence-electron chi connectivity index (χ2n) is 7.43. The fourth-order valence-corrected chi connectivity index (χ4v) is 3.57. The maximum atomic E-state index is 14.1. The maximum absolute atomic E-state index is 14.1. The molecule has 1 N–H and O–H groups in total. The summed E-state index contributed by atoms with van der Waals surface area (Å²) < 4.78 is 61.8. The lowest BCUT2D eigenvalue weighted by Gasteiger charge is -2.17. The van der Waals surface area contributed by atoms with Crippen LogP contribution in [0.1, 0.15) is 18.9 Å². The topological polar surface area (TPSA) is 63.3 Å². The SMILES string of the molecule is CCC(=N)n1nc(Oc2cc(C(F)(F)F)ccc2-c2ccccc2)c2ccc(F)cc2c1=NC. The highest BCUT2D eigenvalue weighted by Gasteiger charge is 2.31. The third-order valence-electron chi connectivity index (χ3n) is 5.25. The van der Waals surface area contributed by atoms with Gasteiger partial charge in [-0.2, -0.15) is 17.9 Å². The molecule has 0 fully saturated rings. The van der Waals surface area contributed by atoms with Crippen molar-refractivity contribution < 1.29 is 22.3 Å². The Balaban J connectivity index is 1.99. The highest BCUT2D eigenvalue weighted by atomic mass is 19.4. The summed E-state index contributed by atoms with van der Waals surface area (Å²) in [7, 11) is 1.49. The Morgan fingerprint density at radius 3 is 2.41 bits per heavy atom. The molecule has 1 heterocycles. The molecule has 0 radical (unpaired) electrons. The van der Waals surface area contributed by atoms with E-state index in [9.17, 15) is 17.6 Å². The molecule has 4 aromatic rings. The zero-order valence-corrected chi connectivity index (χ0v) is 18.3. The third-order valence-corrected chi connectivity index (χ3v) is 5.25. The average molecular weight is 468 g/mol. The van der Waals surface area contributed by atoms with Gasteiger partial charge in [-0.3, -0.25) is 10.4 Å². The summed E-state index contributed by atoms with van der Waals surface area (Å²) in [5.41, 5.74) is 0.427. The molecule has 34 heavy (non-hydrogen) atoms. The quantitative estimate of drug-likeness (QED) is 0.213. The lowest BCUT2D eigenvalue weighted by molar-refractivity contribution is -0.137. The molecule has 0 spiro atoms. The van der Waals surface area contributed by atoms with Crippen LogP contribution in [-0.4, -0.2) is 22.7 Å². The van der Waals surface area contributed by atoms with Crippen molar-refractivity contribution in [2.24, 2.45) is 4.99 Å². The number of nitrogens with one attached hydrogen (secondary N) is 1. The molecule has 0 unspecified atom stereocenters. The van der Waals surface area contributed by atoms with Crippen LogP contribution in [0.5, 0.6) is 11.6 Å². The summed E-state index contributed by atoms with van der Waals surface area (Å²) in [6.07, 6.45) is -4.29. The molecule has 4 rings (SSSR count). The van der Waals surface area contributed by atoms with Crippen LogP contribution in [0.3, 0.4) is 0 Å². The smallest absolute Gasteiger partial charge is 0.416 e. The standard InChI is InChI=1S/C25H20F4N4O/c1-3-22(30)33-23(31-2)20-14-17(26)10-12-19(20)24(32-33)34-21-13-16(25(27,28)29)9-11-18(21)15-7-5-4-6-8-15/h4-14,30H,3H2,1-2H3. The van der Waals surface area contributed by atoms with E-state index in [1.165, 1.54) is 36.0 Å². The van der Waals surface area contributed by atoms with Gasteiger partial charge in [-0.1, -0.05) is 43.3 Å². The minimum absolute atomic E-state index is 0.0592. The van der Waals surface area contributed by atoms with E-state index >= 15 is 0 Å². The van der Waals surface area contributed by atoms with Crippen molar-refractivity contribution in [3.8, 4) is 22.8 Å². The maximum Gasteiger partial charge on any atom is 0.416 e. The number of alkyl halides is 3. The predicted molar refractivity (Wildman–Crippen MR) is 122 cm³/mol. The minimum atomic E-state index is -4.58. The van der Waals surface area contributed by atoms with E-state index in [2.05, 4.69) is 10.1 Å². The van der Waals surface area contributed by atoms with Crippen LogP contribution in [0.2, 0.25) is 0 Å². The van der Waals surface area contributed by atoms with E-state index in [1.807, 2.05) is 0 Å². The molecule has 0 amide bonds. The molecular formula is C25H20F4N4O. The Hall–Kier alpha value is -4.01. The Labute approximate surface area is 192 Å². The first-order valence-electron chi connectivity index (χ1n) is 10.4. The Morgan fingerprint density at radius 2 is 1.76 bits per heavy atom. The number of fused-ring (bicyclic) bond motifs is 1. The molecule has 1 aromatic heterocycles. The second-order valence-corrected chi connectivity index (χ2v) is 7.43. The van der Waals surface area contributed by atoms with Crippen LogP contribution < -0.4 is 10.2 Å². The van der Waals surface area contributed by atoms with Gasteiger partial charge in [-0.05, 0) is 35.9 Å². The molecule has 0 saturated carbocycles. The molecule has 174 valence electrons. The normalized spacial score (nSPS) is 12.2. The van der Waals surface area contributed by atoms with Crippen LogP contribution >= 0.6 is 0 Å². The fourth-order valence-electron chi connectivity index (χ4n) is 3.57. The van der Waals surface area contributed by atoms with Crippen LogP contribution in [0.15, 0.2) is 71.7 Å². The van der Waals surface area contributed by atoms with Crippen molar-refractivity contribution in [2.75, 3.05) is 7.05 Å². The van der Waals surface area contributed by atoms with Gasteiger partial charge < -0.3 is 4.74 Å². The summed E-state index contributed by atoms with van der Waals surface area (Å²) in [4.78, 5) is 4.16. The zero-order valence-electron chi connectivity index (χ0n) is 18.3. The van der Waals surface area contributed by atoms with Gasteiger partial charge in [0.2, 0.25) is 5.88 Å². The van der Waals surface area contributed by atoms with Crippen LogP contribution in [0.4, 0.5) is 17.6 Å². The lowest BCUT2D eigenvalue weighted by Crippen LogP contribution is -2.30. The van der Waals surface area contributed by atoms with Crippen LogP contribution in [-0.2, 0) is 6.18 Å². The first-order chi connectivity index (χ1) is 16.2. The number of hydrogen-bond donors (Lipinski definition) is 1. The monoisotopic (exact) mass is 468 g/mol. The number of aromatic nitrogens is 2. The molecule has 0 atom stereocenters. The van der Waals surface area contributed by atoms with E-state index in [0.29, 0.717) is 28.3 Å². The predicted octanol–water partition coefficient (Wildman–Crippen LogP) is 6.42. The lowest BCUT2D eigenvalue weighted by atomic mass is 10.0.